The lowest BCUT2D eigenvalue weighted by Gasteiger charge is -2.07. The van der Waals surface area contributed by atoms with Gasteiger partial charge in [0.15, 0.2) is 5.82 Å². The molecule has 9 heteroatoms. The monoisotopic (exact) mass is 396 g/mol. The van der Waals surface area contributed by atoms with Crippen LogP contribution in [0.1, 0.15) is 23.6 Å². The summed E-state index contributed by atoms with van der Waals surface area (Å²) in [6.45, 7) is 3.93. The van der Waals surface area contributed by atoms with E-state index < -0.39 is 0 Å². The maximum atomic E-state index is 13.5. The minimum absolute atomic E-state index is 0.196. The quantitative estimate of drug-likeness (QED) is 0.402. The van der Waals surface area contributed by atoms with Crippen molar-refractivity contribution in [3.63, 3.8) is 0 Å². The zero-order valence-electron chi connectivity index (χ0n) is 15.2. The highest BCUT2D eigenvalue weighted by atomic mass is 32.2. The van der Waals surface area contributed by atoms with Crippen LogP contribution in [0.15, 0.2) is 58.1 Å². The second-order valence-corrected chi connectivity index (χ2v) is 7.57. The molecule has 1 atom stereocenters. The number of nitrogens with zero attached hydrogens (tertiary/aromatic N) is 5. The number of nitrogen functional groups attached to an aromatic ring is 1. The third-order valence-electron chi connectivity index (χ3n) is 4.12. The second kappa shape index (κ2) is 7.43. The van der Waals surface area contributed by atoms with Crippen LogP contribution in [0, 0.1) is 12.7 Å². The molecule has 0 fully saturated rings. The third kappa shape index (κ3) is 3.61. The van der Waals surface area contributed by atoms with Gasteiger partial charge in [0.1, 0.15) is 5.82 Å². The van der Waals surface area contributed by atoms with Crippen LogP contribution in [0.4, 0.5) is 4.39 Å². The predicted octanol–water partition coefficient (Wildman–Crippen LogP) is 4.01. The number of thioether (sulfide) groups is 1. The zero-order chi connectivity index (χ0) is 19.7. The number of aromatic nitrogens is 5. The van der Waals surface area contributed by atoms with Gasteiger partial charge in [0.05, 0.1) is 5.25 Å². The number of hydrogen-bond acceptors (Lipinski definition) is 7. The first-order valence-corrected chi connectivity index (χ1v) is 9.43. The smallest absolute Gasteiger partial charge is 0.247 e. The summed E-state index contributed by atoms with van der Waals surface area (Å²) >= 11 is 1.33. The molecule has 0 radical (unpaired) electrons. The van der Waals surface area contributed by atoms with Gasteiger partial charge >= 0.3 is 0 Å². The van der Waals surface area contributed by atoms with Gasteiger partial charge in [-0.1, -0.05) is 41.6 Å². The summed E-state index contributed by atoms with van der Waals surface area (Å²) < 4.78 is 20.6. The van der Waals surface area contributed by atoms with Crippen LogP contribution in [0.25, 0.3) is 22.8 Å². The van der Waals surface area contributed by atoms with Crippen LogP contribution >= 0.6 is 11.8 Å². The number of hydrogen-bond donors (Lipinski definition) is 1. The summed E-state index contributed by atoms with van der Waals surface area (Å²) in [5, 5.41) is 16.7. The fraction of sp³-hybridized carbons (Fsp3) is 0.158. The molecule has 28 heavy (non-hydrogen) atoms. The highest BCUT2D eigenvalue weighted by Crippen LogP contribution is 2.34. The van der Waals surface area contributed by atoms with E-state index in [2.05, 4.69) is 20.4 Å². The van der Waals surface area contributed by atoms with Crippen LogP contribution in [-0.2, 0) is 0 Å². The normalized spacial score (nSPS) is 12.2. The molecule has 0 aliphatic heterocycles. The van der Waals surface area contributed by atoms with Gasteiger partial charge in [-0.2, -0.15) is 0 Å². The molecule has 0 amide bonds. The molecule has 2 N–H and O–H groups in total. The van der Waals surface area contributed by atoms with Gasteiger partial charge in [-0.05, 0) is 38.1 Å². The van der Waals surface area contributed by atoms with Crippen LogP contribution < -0.4 is 5.84 Å². The molecule has 2 aromatic heterocycles. The van der Waals surface area contributed by atoms with Crippen molar-refractivity contribution in [1.82, 2.24) is 25.1 Å². The van der Waals surface area contributed by atoms with Gasteiger partial charge in [0.2, 0.25) is 16.9 Å². The van der Waals surface area contributed by atoms with Crippen molar-refractivity contribution in [3.05, 3.63) is 65.8 Å². The Morgan fingerprint density at radius 3 is 2.57 bits per heavy atom. The lowest BCUT2D eigenvalue weighted by molar-refractivity contribution is 0.509. The number of benzene rings is 2. The number of aryl methyl sites for hydroxylation is 1. The van der Waals surface area contributed by atoms with Crippen molar-refractivity contribution in [2.75, 3.05) is 5.84 Å². The standard InChI is InChI=1S/C19H17FN6OS/c1-11-6-8-13(9-7-11)18-24-23-17(27-18)12(2)28-19-25-22-16(26(19)21)14-4-3-5-15(20)10-14/h3-10,12H,21H2,1-2H3/t12-/m0/s1. The van der Waals surface area contributed by atoms with Gasteiger partial charge < -0.3 is 10.3 Å². The summed E-state index contributed by atoms with van der Waals surface area (Å²) in [6, 6.07) is 13.9. The first kappa shape index (κ1) is 18.2. The Hall–Kier alpha value is -3.20. The molecular weight excluding hydrogens is 379 g/mol. The fourth-order valence-electron chi connectivity index (χ4n) is 2.60. The van der Waals surface area contributed by atoms with Crippen LogP contribution in [0.2, 0.25) is 0 Å². The number of rotatable bonds is 5. The van der Waals surface area contributed by atoms with E-state index in [1.165, 1.54) is 28.6 Å². The summed E-state index contributed by atoms with van der Waals surface area (Å²) in [5.74, 6) is 7.03. The van der Waals surface area contributed by atoms with Crippen LogP contribution in [0.5, 0.6) is 0 Å². The van der Waals surface area contributed by atoms with Crippen LogP contribution in [-0.4, -0.2) is 25.1 Å². The summed E-state index contributed by atoms with van der Waals surface area (Å²) in [4.78, 5) is 0. The lowest BCUT2D eigenvalue weighted by Crippen LogP contribution is -2.12. The average molecular weight is 396 g/mol. The Labute approximate surface area is 164 Å². The highest BCUT2D eigenvalue weighted by Gasteiger charge is 2.21. The zero-order valence-corrected chi connectivity index (χ0v) is 16.0. The number of nitrogens with two attached hydrogens (primary N) is 1. The highest BCUT2D eigenvalue weighted by molar-refractivity contribution is 7.99. The van der Waals surface area contributed by atoms with E-state index >= 15 is 0 Å². The lowest BCUT2D eigenvalue weighted by atomic mass is 10.1. The van der Waals surface area contributed by atoms with E-state index in [9.17, 15) is 4.39 Å². The molecule has 4 aromatic rings. The van der Waals surface area contributed by atoms with E-state index in [1.807, 2.05) is 38.1 Å². The fourth-order valence-corrected chi connectivity index (χ4v) is 3.40. The Balaban J connectivity index is 1.53. The average Bonchev–Trinajstić information content (AvgIpc) is 3.30. The van der Waals surface area contributed by atoms with E-state index in [-0.39, 0.29) is 11.1 Å². The molecule has 142 valence electrons. The maximum absolute atomic E-state index is 13.5. The Bertz CT molecular complexity index is 1110. The Kier molecular flexibility index (Phi) is 4.82. The van der Waals surface area contributed by atoms with Gasteiger partial charge in [-0.25, -0.2) is 9.07 Å². The molecule has 2 heterocycles. The molecule has 0 aliphatic rings. The summed E-state index contributed by atoms with van der Waals surface area (Å²) in [7, 11) is 0. The molecule has 2 aromatic carbocycles. The van der Waals surface area contributed by atoms with Crippen molar-refractivity contribution < 1.29 is 8.81 Å². The minimum atomic E-state index is -0.363. The van der Waals surface area contributed by atoms with E-state index in [0.29, 0.717) is 28.3 Å². The number of halogens is 1. The van der Waals surface area contributed by atoms with E-state index in [4.69, 9.17) is 10.3 Å². The van der Waals surface area contributed by atoms with Crippen molar-refractivity contribution in [1.29, 1.82) is 0 Å². The molecule has 4 rings (SSSR count). The van der Waals surface area contributed by atoms with E-state index in [1.54, 1.807) is 12.1 Å². The van der Waals surface area contributed by atoms with Crippen molar-refractivity contribution >= 4 is 11.8 Å². The van der Waals surface area contributed by atoms with Crippen molar-refractivity contribution in [2.24, 2.45) is 0 Å². The third-order valence-corrected chi connectivity index (χ3v) is 5.16. The molecule has 0 spiro atoms. The molecule has 0 saturated heterocycles. The summed E-state index contributed by atoms with van der Waals surface area (Å²) in [6.07, 6.45) is 0. The molecule has 0 saturated carbocycles. The van der Waals surface area contributed by atoms with Crippen molar-refractivity contribution in [2.45, 2.75) is 24.3 Å². The predicted molar refractivity (Wildman–Crippen MR) is 104 cm³/mol. The summed E-state index contributed by atoms with van der Waals surface area (Å²) in [5.41, 5.74) is 2.56. The minimum Gasteiger partial charge on any atom is -0.419 e. The Morgan fingerprint density at radius 2 is 1.82 bits per heavy atom. The van der Waals surface area contributed by atoms with E-state index in [0.717, 1.165) is 11.1 Å². The van der Waals surface area contributed by atoms with Crippen molar-refractivity contribution in [3.8, 4) is 22.8 Å². The topological polar surface area (TPSA) is 95.7 Å². The maximum Gasteiger partial charge on any atom is 0.247 e. The molecule has 0 aliphatic carbocycles. The van der Waals surface area contributed by atoms with Gasteiger partial charge in [-0.15, -0.1) is 20.4 Å². The van der Waals surface area contributed by atoms with Gasteiger partial charge in [0, 0.05) is 11.1 Å². The largest absolute Gasteiger partial charge is 0.419 e. The molecule has 0 unspecified atom stereocenters. The second-order valence-electron chi connectivity index (χ2n) is 6.26. The molecule has 0 bridgehead atoms. The molecular formula is C19H17FN6OS. The van der Waals surface area contributed by atoms with Gasteiger partial charge in [0.25, 0.3) is 0 Å². The molecule has 7 nitrogen and oxygen atoms in total. The Morgan fingerprint density at radius 1 is 1.04 bits per heavy atom. The van der Waals surface area contributed by atoms with Crippen LogP contribution in [0.3, 0.4) is 0 Å². The van der Waals surface area contributed by atoms with Gasteiger partial charge in [-0.3, -0.25) is 0 Å². The first-order chi connectivity index (χ1) is 13.5. The SMILES string of the molecule is Cc1ccc(-c2nnc([C@H](C)Sc3nnc(-c4cccc(F)c4)n3N)o2)cc1. The first-order valence-electron chi connectivity index (χ1n) is 8.55.